The fourth-order valence-electron chi connectivity index (χ4n) is 1.76. The summed E-state index contributed by atoms with van der Waals surface area (Å²) < 4.78 is 10.9. The number of hydrogen-bond donors (Lipinski definition) is 1. The highest BCUT2D eigenvalue weighted by Crippen LogP contribution is 2.26. The van der Waals surface area contributed by atoms with E-state index in [1.54, 1.807) is 7.11 Å². The van der Waals surface area contributed by atoms with Gasteiger partial charge in [0.25, 0.3) is 0 Å². The third-order valence-electron chi connectivity index (χ3n) is 2.83. The molecular formula is C15H16ClNO2. The molecule has 2 N–H and O–H groups in total. The van der Waals surface area contributed by atoms with Gasteiger partial charge in [0, 0.05) is 17.1 Å². The smallest absolute Gasteiger partial charge is 0.125 e. The van der Waals surface area contributed by atoms with E-state index in [1.807, 2.05) is 42.5 Å². The maximum Gasteiger partial charge on any atom is 0.125 e. The molecule has 0 amide bonds. The molecule has 0 saturated heterocycles. The Kier molecular flexibility index (Phi) is 4.66. The molecule has 100 valence electrons. The van der Waals surface area contributed by atoms with Crippen LogP contribution in [0.2, 0.25) is 5.02 Å². The number of halogens is 1. The van der Waals surface area contributed by atoms with Crippen molar-refractivity contribution in [3.05, 3.63) is 58.6 Å². The highest BCUT2D eigenvalue weighted by Gasteiger charge is 2.06. The van der Waals surface area contributed by atoms with Gasteiger partial charge in [0.1, 0.15) is 18.1 Å². The molecule has 0 aliphatic rings. The molecule has 0 aliphatic heterocycles. The van der Waals surface area contributed by atoms with Gasteiger partial charge in [0.2, 0.25) is 0 Å². The molecule has 3 nitrogen and oxygen atoms in total. The maximum absolute atomic E-state index is 6.07. The van der Waals surface area contributed by atoms with Gasteiger partial charge in [0.15, 0.2) is 0 Å². The van der Waals surface area contributed by atoms with E-state index in [0.29, 0.717) is 18.2 Å². The minimum Gasteiger partial charge on any atom is -0.497 e. The van der Waals surface area contributed by atoms with Crippen molar-refractivity contribution in [1.29, 1.82) is 0 Å². The first-order chi connectivity index (χ1) is 9.24. The number of benzene rings is 2. The largest absolute Gasteiger partial charge is 0.497 e. The second kappa shape index (κ2) is 6.45. The quantitative estimate of drug-likeness (QED) is 0.911. The van der Waals surface area contributed by atoms with Crippen LogP contribution in [0.5, 0.6) is 11.5 Å². The molecule has 2 aromatic rings. The predicted molar refractivity (Wildman–Crippen MR) is 76.7 cm³/mol. The molecule has 2 aromatic carbocycles. The normalized spacial score (nSPS) is 10.3. The molecule has 0 bridgehead atoms. The summed E-state index contributed by atoms with van der Waals surface area (Å²) >= 11 is 6.07. The van der Waals surface area contributed by atoms with Gasteiger partial charge >= 0.3 is 0 Å². The Morgan fingerprint density at radius 1 is 1.11 bits per heavy atom. The minimum absolute atomic E-state index is 0.359. The molecule has 4 heteroatoms. The Morgan fingerprint density at radius 2 is 1.84 bits per heavy atom. The highest BCUT2D eigenvalue weighted by atomic mass is 35.5. The summed E-state index contributed by atoms with van der Waals surface area (Å²) in [5.41, 5.74) is 7.57. The van der Waals surface area contributed by atoms with Crippen LogP contribution in [-0.4, -0.2) is 7.11 Å². The van der Waals surface area contributed by atoms with Crippen LogP contribution in [-0.2, 0) is 13.2 Å². The van der Waals surface area contributed by atoms with Gasteiger partial charge in [-0.25, -0.2) is 0 Å². The van der Waals surface area contributed by atoms with E-state index in [9.17, 15) is 0 Å². The first-order valence-electron chi connectivity index (χ1n) is 5.97. The SMILES string of the molecule is COc1ccc(COc2cccc(Cl)c2CN)cc1. The average molecular weight is 278 g/mol. The van der Waals surface area contributed by atoms with E-state index >= 15 is 0 Å². The summed E-state index contributed by atoms with van der Waals surface area (Å²) in [6.07, 6.45) is 0. The Bertz CT molecular complexity index is 540. The maximum atomic E-state index is 6.07. The molecule has 0 fully saturated rings. The monoisotopic (exact) mass is 277 g/mol. The Morgan fingerprint density at radius 3 is 2.47 bits per heavy atom. The lowest BCUT2D eigenvalue weighted by molar-refractivity contribution is 0.303. The Balaban J connectivity index is 2.07. The first-order valence-corrected chi connectivity index (χ1v) is 6.35. The molecule has 0 aliphatic carbocycles. The minimum atomic E-state index is 0.359. The fraction of sp³-hybridized carbons (Fsp3) is 0.200. The molecule has 0 radical (unpaired) electrons. The van der Waals surface area contributed by atoms with Gasteiger partial charge in [-0.05, 0) is 29.8 Å². The van der Waals surface area contributed by atoms with Crippen molar-refractivity contribution in [3.63, 3.8) is 0 Å². The second-order valence-electron chi connectivity index (χ2n) is 4.06. The molecular weight excluding hydrogens is 262 g/mol. The van der Waals surface area contributed by atoms with Crippen LogP contribution in [0.4, 0.5) is 0 Å². The molecule has 19 heavy (non-hydrogen) atoms. The zero-order valence-corrected chi connectivity index (χ0v) is 11.5. The topological polar surface area (TPSA) is 44.5 Å². The number of ether oxygens (including phenoxy) is 2. The van der Waals surface area contributed by atoms with E-state index < -0.39 is 0 Å². The third-order valence-corrected chi connectivity index (χ3v) is 3.19. The van der Waals surface area contributed by atoms with Crippen LogP contribution >= 0.6 is 11.6 Å². The predicted octanol–water partition coefficient (Wildman–Crippen LogP) is 3.39. The van der Waals surface area contributed by atoms with Crippen LogP contribution in [0, 0.1) is 0 Å². The van der Waals surface area contributed by atoms with Crippen molar-refractivity contribution >= 4 is 11.6 Å². The van der Waals surface area contributed by atoms with Crippen molar-refractivity contribution in [3.8, 4) is 11.5 Å². The molecule has 0 unspecified atom stereocenters. The van der Waals surface area contributed by atoms with Crippen molar-refractivity contribution in [2.75, 3.05) is 7.11 Å². The van der Waals surface area contributed by atoms with Crippen LogP contribution in [0.15, 0.2) is 42.5 Å². The summed E-state index contributed by atoms with van der Waals surface area (Å²) in [6, 6.07) is 13.3. The van der Waals surface area contributed by atoms with Gasteiger partial charge in [-0.3, -0.25) is 0 Å². The van der Waals surface area contributed by atoms with Gasteiger partial charge in [-0.1, -0.05) is 29.8 Å². The Labute approximate surface area is 117 Å². The lowest BCUT2D eigenvalue weighted by Gasteiger charge is -2.12. The fourth-order valence-corrected chi connectivity index (χ4v) is 2.00. The van der Waals surface area contributed by atoms with E-state index in [2.05, 4.69) is 0 Å². The van der Waals surface area contributed by atoms with E-state index in [4.69, 9.17) is 26.8 Å². The van der Waals surface area contributed by atoms with Crippen LogP contribution in [0.3, 0.4) is 0 Å². The highest BCUT2D eigenvalue weighted by molar-refractivity contribution is 6.31. The lowest BCUT2D eigenvalue weighted by atomic mass is 10.2. The zero-order chi connectivity index (χ0) is 13.7. The number of methoxy groups -OCH3 is 1. The number of hydrogen-bond acceptors (Lipinski definition) is 3. The number of nitrogens with two attached hydrogens (primary N) is 1. The van der Waals surface area contributed by atoms with Crippen molar-refractivity contribution < 1.29 is 9.47 Å². The average Bonchev–Trinajstić information content (AvgIpc) is 2.45. The standard InChI is InChI=1S/C15H16ClNO2/c1-18-12-7-5-11(6-8-12)10-19-15-4-2-3-14(16)13(15)9-17/h2-8H,9-10,17H2,1H3. The van der Waals surface area contributed by atoms with Gasteiger partial charge in [0.05, 0.1) is 7.11 Å². The molecule has 0 aromatic heterocycles. The summed E-state index contributed by atoms with van der Waals surface area (Å²) in [5, 5.41) is 0.634. The molecule has 0 atom stereocenters. The van der Waals surface area contributed by atoms with Crippen LogP contribution in [0.1, 0.15) is 11.1 Å². The molecule has 0 saturated carbocycles. The van der Waals surface area contributed by atoms with Gasteiger partial charge < -0.3 is 15.2 Å². The van der Waals surface area contributed by atoms with E-state index in [1.165, 1.54) is 0 Å². The van der Waals surface area contributed by atoms with Gasteiger partial charge in [-0.15, -0.1) is 0 Å². The summed E-state index contributed by atoms with van der Waals surface area (Å²) in [6.45, 7) is 0.828. The summed E-state index contributed by atoms with van der Waals surface area (Å²) in [5.74, 6) is 1.56. The summed E-state index contributed by atoms with van der Waals surface area (Å²) in [7, 11) is 1.64. The third kappa shape index (κ3) is 3.40. The van der Waals surface area contributed by atoms with E-state index in [-0.39, 0.29) is 0 Å². The zero-order valence-electron chi connectivity index (χ0n) is 10.7. The van der Waals surface area contributed by atoms with Crippen molar-refractivity contribution in [2.24, 2.45) is 5.73 Å². The van der Waals surface area contributed by atoms with Gasteiger partial charge in [-0.2, -0.15) is 0 Å². The van der Waals surface area contributed by atoms with E-state index in [0.717, 1.165) is 22.6 Å². The number of rotatable bonds is 5. The van der Waals surface area contributed by atoms with Crippen LogP contribution in [0.25, 0.3) is 0 Å². The van der Waals surface area contributed by atoms with Crippen molar-refractivity contribution in [1.82, 2.24) is 0 Å². The van der Waals surface area contributed by atoms with Crippen molar-refractivity contribution in [2.45, 2.75) is 13.2 Å². The molecule has 2 rings (SSSR count). The van der Waals surface area contributed by atoms with Crippen LogP contribution < -0.4 is 15.2 Å². The molecule has 0 heterocycles. The molecule has 0 spiro atoms. The lowest BCUT2D eigenvalue weighted by Crippen LogP contribution is -2.03. The second-order valence-corrected chi connectivity index (χ2v) is 4.46. The first kappa shape index (κ1) is 13.7. The summed E-state index contributed by atoms with van der Waals surface area (Å²) in [4.78, 5) is 0. The Hall–Kier alpha value is -1.71.